The first kappa shape index (κ1) is 21.8. The molecule has 0 spiro atoms. The molecule has 0 bridgehead atoms. The number of hydrogen-bond acceptors (Lipinski definition) is 5. The third-order valence-corrected chi connectivity index (χ3v) is 5.67. The molecule has 2 aromatic carbocycles. The number of thioether (sulfide) groups is 1. The molecule has 3 amide bonds. The molecule has 30 heavy (non-hydrogen) atoms. The van der Waals surface area contributed by atoms with Gasteiger partial charge in [-0.05, 0) is 29.7 Å². The fourth-order valence-corrected chi connectivity index (χ4v) is 3.88. The first-order valence-electron chi connectivity index (χ1n) is 9.94. The summed E-state index contributed by atoms with van der Waals surface area (Å²) in [5, 5.41) is 2.54. The van der Waals surface area contributed by atoms with Gasteiger partial charge in [0.25, 0.3) is 5.24 Å². The van der Waals surface area contributed by atoms with Gasteiger partial charge in [-0.25, -0.2) is 0 Å². The topological polar surface area (TPSA) is 83.6 Å². The number of benzene rings is 2. The van der Waals surface area contributed by atoms with Gasteiger partial charge in [0.2, 0.25) is 11.8 Å². The average Bonchev–Trinajstić information content (AvgIpc) is 3.06. The molecule has 156 valence electrons. The molecule has 3 rings (SSSR count). The van der Waals surface area contributed by atoms with Crippen molar-refractivity contribution < 1.29 is 19.2 Å². The number of amides is 3. The van der Waals surface area contributed by atoms with E-state index in [2.05, 4.69) is 12.2 Å². The third kappa shape index (κ3) is 5.79. The largest absolute Gasteiger partial charge is 0.326 e. The second-order valence-electron chi connectivity index (χ2n) is 7.15. The normalized spacial score (nSPS) is 13.6. The first-order chi connectivity index (χ1) is 14.5. The van der Waals surface area contributed by atoms with Gasteiger partial charge in [-0.3, -0.25) is 24.1 Å². The number of imide groups is 1. The van der Waals surface area contributed by atoms with Crippen molar-refractivity contribution >= 4 is 40.3 Å². The number of nitrogens with zero attached hydrogens (tertiary/aromatic N) is 1. The van der Waals surface area contributed by atoms with Crippen molar-refractivity contribution in [3.8, 4) is 0 Å². The molecule has 0 saturated carbocycles. The van der Waals surface area contributed by atoms with Crippen molar-refractivity contribution in [2.24, 2.45) is 0 Å². The number of ketones is 1. The van der Waals surface area contributed by atoms with Gasteiger partial charge in [0, 0.05) is 24.1 Å². The Balaban J connectivity index is 1.47. The summed E-state index contributed by atoms with van der Waals surface area (Å²) in [6, 6.07) is 14.5. The smallest absolute Gasteiger partial charge is 0.289 e. The van der Waals surface area contributed by atoms with E-state index in [1.165, 1.54) is 10.5 Å². The first-order valence-corrected chi connectivity index (χ1v) is 10.9. The Hall–Kier alpha value is -2.93. The quantitative estimate of drug-likeness (QED) is 0.602. The van der Waals surface area contributed by atoms with Crippen LogP contribution in [0, 0.1) is 0 Å². The summed E-state index contributed by atoms with van der Waals surface area (Å²) in [5.74, 6) is -0.289. The molecule has 0 radical (unpaired) electrons. The molecule has 1 aliphatic heterocycles. The lowest BCUT2D eigenvalue weighted by Gasteiger charge is -2.13. The minimum absolute atomic E-state index is 0.0543. The van der Waals surface area contributed by atoms with E-state index in [-0.39, 0.29) is 48.0 Å². The van der Waals surface area contributed by atoms with E-state index in [1.807, 2.05) is 24.3 Å². The molecule has 2 aromatic rings. The lowest BCUT2D eigenvalue weighted by molar-refractivity contribution is -0.125. The molecule has 1 saturated heterocycles. The Labute approximate surface area is 180 Å². The number of nitrogens with one attached hydrogen (secondary N) is 1. The Morgan fingerprint density at radius 2 is 1.63 bits per heavy atom. The van der Waals surface area contributed by atoms with Crippen molar-refractivity contribution in [2.75, 3.05) is 11.1 Å². The lowest BCUT2D eigenvalue weighted by atomic mass is 10.0. The maximum atomic E-state index is 12.3. The van der Waals surface area contributed by atoms with Crippen LogP contribution < -0.4 is 5.32 Å². The molecule has 7 heteroatoms. The lowest BCUT2D eigenvalue weighted by Crippen LogP contribution is -2.27. The van der Waals surface area contributed by atoms with E-state index in [9.17, 15) is 19.2 Å². The number of carbonyl (C=O) groups is 4. The Morgan fingerprint density at radius 1 is 0.967 bits per heavy atom. The van der Waals surface area contributed by atoms with Crippen LogP contribution in [-0.2, 0) is 22.6 Å². The van der Waals surface area contributed by atoms with E-state index < -0.39 is 0 Å². The monoisotopic (exact) mass is 424 g/mol. The van der Waals surface area contributed by atoms with Gasteiger partial charge < -0.3 is 5.32 Å². The van der Waals surface area contributed by atoms with Crippen molar-refractivity contribution in [1.82, 2.24) is 4.90 Å². The minimum Gasteiger partial charge on any atom is -0.326 e. The van der Waals surface area contributed by atoms with Crippen molar-refractivity contribution in [2.45, 2.75) is 39.2 Å². The van der Waals surface area contributed by atoms with E-state index in [0.717, 1.165) is 30.2 Å². The highest BCUT2D eigenvalue weighted by atomic mass is 32.2. The number of hydrogen-bond donors (Lipinski definition) is 1. The highest BCUT2D eigenvalue weighted by molar-refractivity contribution is 8.14. The molecule has 1 aliphatic rings. The van der Waals surface area contributed by atoms with Crippen LogP contribution in [0.5, 0.6) is 0 Å². The van der Waals surface area contributed by atoms with E-state index in [1.54, 1.807) is 24.3 Å². The van der Waals surface area contributed by atoms with Crippen LogP contribution in [0.2, 0.25) is 0 Å². The Morgan fingerprint density at radius 3 is 2.23 bits per heavy atom. The van der Waals surface area contributed by atoms with Crippen molar-refractivity contribution in [3.05, 3.63) is 65.2 Å². The number of aryl methyl sites for hydroxylation is 1. The number of anilines is 1. The van der Waals surface area contributed by atoms with Crippen LogP contribution >= 0.6 is 11.8 Å². The molecule has 0 aliphatic carbocycles. The van der Waals surface area contributed by atoms with Gasteiger partial charge in [0.05, 0.1) is 12.3 Å². The summed E-state index contributed by atoms with van der Waals surface area (Å²) in [6.45, 7) is 2.34. The molecule has 0 aromatic heterocycles. The van der Waals surface area contributed by atoms with E-state index in [0.29, 0.717) is 11.3 Å². The minimum atomic E-state index is -0.236. The van der Waals surface area contributed by atoms with Crippen LogP contribution in [0.25, 0.3) is 0 Å². The summed E-state index contributed by atoms with van der Waals surface area (Å²) in [7, 11) is 0. The van der Waals surface area contributed by atoms with Crippen molar-refractivity contribution in [3.63, 3.8) is 0 Å². The third-order valence-electron chi connectivity index (χ3n) is 4.81. The van der Waals surface area contributed by atoms with Crippen LogP contribution in [0.15, 0.2) is 48.5 Å². The maximum absolute atomic E-state index is 12.3. The van der Waals surface area contributed by atoms with Crippen LogP contribution in [0.1, 0.15) is 47.7 Å². The summed E-state index contributed by atoms with van der Waals surface area (Å²) in [5.41, 5.74) is 3.23. The molecule has 0 atom stereocenters. The second kappa shape index (κ2) is 10.2. The average molecular weight is 425 g/mol. The molecular formula is C23H24N2O4S. The number of rotatable bonds is 9. The fourth-order valence-electron chi connectivity index (χ4n) is 3.15. The molecule has 0 unspecified atom stereocenters. The molecule has 6 nitrogen and oxygen atoms in total. The van der Waals surface area contributed by atoms with Crippen LogP contribution in [-0.4, -0.2) is 33.5 Å². The van der Waals surface area contributed by atoms with Gasteiger partial charge in [0.1, 0.15) is 0 Å². The number of Topliss-reactive ketones (excluding diaryl/α,β-unsaturated/α-hetero) is 1. The summed E-state index contributed by atoms with van der Waals surface area (Å²) < 4.78 is 0. The fraction of sp³-hybridized carbons (Fsp3) is 0.304. The highest BCUT2D eigenvalue weighted by Crippen LogP contribution is 2.22. The molecular weight excluding hydrogens is 400 g/mol. The van der Waals surface area contributed by atoms with Gasteiger partial charge in [0.15, 0.2) is 5.78 Å². The molecule has 1 heterocycles. The zero-order valence-corrected chi connectivity index (χ0v) is 17.7. The zero-order valence-electron chi connectivity index (χ0n) is 16.8. The van der Waals surface area contributed by atoms with Gasteiger partial charge in [-0.1, -0.05) is 61.5 Å². The maximum Gasteiger partial charge on any atom is 0.289 e. The van der Waals surface area contributed by atoms with Crippen molar-refractivity contribution in [1.29, 1.82) is 0 Å². The Bertz CT molecular complexity index is 923. The van der Waals surface area contributed by atoms with Gasteiger partial charge in [-0.15, -0.1) is 0 Å². The van der Waals surface area contributed by atoms with Crippen LogP contribution in [0.4, 0.5) is 10.5 Å². The van der Waals surface area contributed by atoms with Gasteiger partial charge in [-0.2, -0.15) is 0 Å². The van der Waals surface area contributed by atoms with E-state index >= 15 is 0 Å². The standard InChI is InChI=1S/C23H24N2O4S/c1-2-3-16-4-8-18(9-5-16)20(26)12-13-21(27)24-19-10-6-17(7-11-19)14-25-22(28)15-30-23(25)29/h4-11H,2-3,12-15H2,1H3,(H,24,27). The SMILES string of the molecule is CCCc1ccc(C(=O)CCC(=O)Nc2ccc(CN3C(=O)CSC3=O)cc2)cc1. The Kier molecular flexibility index (Phi) is 7.41. The molecule has 1 N–H and O–H groups in total. The van der Waals surface area contributed by atoms with E-state index in [4.69, 9.17) is 0 Å². The van der Waals surface area contributed by atoms with Gasteiger partial charge >= 0.3 is 0 Å². The summed E-state index contributed by atoms with van der Waals surface area (Å²) in [4.78, 5) is 49.0. The predicted octanol–water partition coefficient (Wildman–Crippen LogP) is 4.44. The summed E-state index contributed by atoms with van der Waals surface area (Å²) in [6.07, 6.45) is 2.29. The zero-order chi connectivity index (χ0) is 21.5. The number of carbonyl (C=O) groups excluding carboxylic acids is 4. The van der Waals surface area contributed by atoms with Crippen LogP contribution in [0.3, 0.4) is 0 Å². The highest BCUT2D eigenvalue weighted by Gasteiger charge is 2.29. The predicted molar refractivity (Wildman–Crippen MR) is 117 cm³/mol. The molecule has 1 fully saturated rings. The summed E-state index contributed by atoms with van der Waals surface area (Å²) >= 11 is 1.01. The second-order valence-corrected chi connectivity index (χ2v) is 8.08.